The Bertz CT molecular complexity index is 829. The molecule has 5 nitrogen and oxygen atoms in total. The van der Waals surface area contributed by atoms with Crippen LogP contribution in [0.5, 0.6) is 0 Å². The second-order valence-corrected chi connectivity index (χ2v) is 9.26. The Kier molecular flexibility index (Phi) is 5.98. The third-order valence-electron chi connectivity index (χ3n) is 5.89. The number of carbonyl (C=O) groups is 2. The zero-order valence-electron chi connectivity index (χ0n) is 16.2. The van der Waals surface area contributed by atoms with Crippen LogP contribution in [0.25, 0.3) is 0 Å². The van der Waals surface area contributed by atoms with E-state index in [0.29, 0.717) is 39.0 Å². The molecule has 3 saturated heterocycles. The van der Waals surface area contributed by atoms with E-state index >= 15 is 0 Å². The van der Waals surface area contributed by atoms with Crippen molar-refractivity contribution < 1.29 is 31.9 Å². The van der Waals surface area contributed by atoms with Gasteiger partial charge >= 0.3 is 12.2 Å². The standard InChI is InChI=1S/C20H22F4N2O3S/c21-17-3-1-2-16(20(22,23)24)15(17)11-30-14-8-26(9-14)19(28)25-5-4-18-12(7-25)6-13(27)10-29-18/h1-3,12,14,18H,4-11H2/t12-,18+/m1/s1. The van der Waals surface area contributed by atoms with Gasteiger partial charge in [-0.15, -0.1) is 11.8 Å². The van der Waals surface area contributed by atoms with E-state index in [-0.39, 0.29) is 47.0 Å². The van der Waals surface area contributed by atoms with Crippen molar-refractivity contribution in [2.75, 3.05) is 32.8 Å². The van der Waals surface area contributed by atoms with Gasteiger partial charge in [0, 0.05) is 55.1 Å². The number of piperidine rings is 1. The molecule has 0 N–H and O–H groups in total. The van der Waals surface area contributed by atoms with E-state index in [2.05, 4.69) is 0 Å². The highest BCUT2D eigenvalue weighted by molar-refractivity contribution is 7.99. The minimum atomic E-state index is -4.60. The van der Waals surface area contributed by atoms with Crippen LogP contribution in [0.4, 0.5) is 22.4 Å². The summed E-state index contributed by atoms with van der Waals surface area (Å²) in [5.41, 5.74) is -1.29. The summed E-state index contributed by atoms with van der Waals surface area (Å²) in [6.45, 7) is 2.03. The van der Waals surface area contributed by atoms with Gasteiger partial charge in [-0.25, -0.2) is 9.18 Å². The fraction of sp³-hybridized carbons (Fsp3) is 0.600. The third-order valence-corrected chi connectivity index (χ3v) is 7.11. The maximum atomic E-state index is 13.9. The molecule has 0 spiro atoms. The Balaban J connectivity index is 1.28. The first-order chi connectivity index (χ1) is 14.2. The Morgan fingerprint density at radius 3 is 2.70 bits per heavy atom. The molecule has 164 valence electrons. The summed E-state index contributed by atoms with van der Waals surface area (Å²) >= 11 is 1.23. The average molecular weight is 446 g/mol. The number of likely N-dealkylation sites (tertiary alicyclic amines) is 2. The van der Waals surface area contributed by atoms with Gasteiger partial charge in [0.15, 0.2) is 5.78 Å². The number of Topliss-reactive ketones (excluding diaryl/α,β-unsaturated/α-hetero) is 1. The van der Waals surface area contributed by atoms with Gasteiger partial charge in [0.25, 0.3) is 0 Å². The van der Waals surface area contributed by atoms with E-state index in [1.807, 2.05) is 0 Å². The van der Waals surface area contributed by atoms with Crippen molar-refractivity contribution in [2.45, 2.75) is 36.1 Å². The lowest BCUT2D eigenvalue weighted by Gasteiger charge is -2.45. The monoisotopic (exact) mass is 446 g/mol. The lowest BCUT2D eigenvalue weighted by Crippen LogP contribution is -2.59. The first-order valence-electron chi connectivity index (χ1n) is 9.85. The predicted molar refractivity (Wildman–Crippen MR) is 102 cm³/mol. The summed E-state index contributed by atoms with van der Waals surface area (Å²) in [6.07, 6.45) is -3.45. The van der Waals surface area contributed by atoms with E-state index in [0.717, 1.165) is 18.2 Å². The molecule has 2 amide bonds. The first kappa shape index (κ1) is 21.4. The first-order valence-corrected chi connectivity index (χ1v) is 10.9. The van der Waals surface area contributed by atoms with Gasteiger partial charge in [0.05, 0.1) is 11.7 Å². The maximum absolute atomic E-state index is 13.9. The molecule has 2 atom stereocenters. The number of amides is 2. The topological polar surface area (TPSA) is 49.9 Å². The highest BCUT2D eigenvalue weighted by Gasteiger charge is 2.40. The number of benzene rings is 1. The quantitative estimate of drug-likeness (QED) is 0.667. The van der Waals surface area contributed by atoms with Crippen molar-refractivity contribution in [3.8, 4) is 0 Å². The van der Waals surface area contributed by atoms with Gasteiger partial charge < -0.3 is 14.5 Å². The second-order valence-electron chi connectivity index (χ2n) is 7.97. The Labute approximate surface area is 175 Å². The van der Waals surface area contributed by atoms with Crippen molar-refractivity contribution in [2.24, 2.45) is 5.92 Å². The van der Waals surface area contributed by atoms with Crippen LogP contribution in [-0.4, -0.2) is 65.8 Å². The lowest BCUT2D eigenvalue weighted by molar-refractivity contribution is -0.140. The normalized spacial score (nSPS) is 25.1. The zero-order valence-corrected chi connectivity index (χ0v) is 17.0. The largest absolute Gasteiger partial charge is 0.416 e. The molecule has 3 heterocycles. The summed E-state index contributed by atoms with van der Waals surface area (Å²) in [6, 6.07) is 2.86. The van der Waals surface area contributed by atoms with Crippen LogP contribution in [0.3, 0.4) is 0 Å². The number of alkyl halides is 3. The summed E-state index contributed by atoms with van der Waals surface area (Å²) < 4.78 is 58.8. The van der Waals surface area contributed by atoms with Crippen LogP contribution in [-0.2, 0) is 21.5 Å². The second kappa shape index (κ2) is 8.37. The minimum absolute atomic E-state index is 0.0232. The van der Waals surface area contributed by atoms with Crippen molar-refractivity contribution in [3.63, 3.8) is 0 Å². The minimum Gasteiger partial charge on any atom is -0.370 e. The predicted octanol–water partition coefficient (Wildman–Crippen LogP) is 3.56. The van der Waals surface area contributed by atoms with Gasteiger partial charge in [-0.05, 0) is 18.6 Å². The maximum Gasteiger partial charge on any atom is 0.416 e. The van der Waals surface area contributed by atoms with Crippen LogP contribution in [0.2, 0.25) is 0 Å². The Morgan fingerprint density at radius 1 is 1.20 bits per heavy atom. The smallest absolute Gasteiger partial charge is 0.370 e. The van der Waals surface area contributed by atoms with E-state index in [1.54, 1.807) is 9.80 Å². The molecule has 3 aliphatic rings. The molecular formula is C20H22F4N2O3S. The molecule has 0 saturated carbocycles. The number of ether oxygens (including phenoxy) is 1. The van der Waals surface area contributed by atoms with E-state index in [1.165, 1.54) is 11.8 Å². The molecule has 0 bridgehead atoms. The molecule has 1 aromatic rings. The molecule has 0 aromatic heterocycles. The van der Waals surface area contributed by atoms with Crippen LogP contribution in [0.1, 0.15) is 24.0 Å². The van der Waals surface area contributed by atoms with Gasteiger partial charge in [-0.1, -0.05) is 6.07 Å². The van der Waals surface area contributed by atoms with Gasteiger partial charge in [0.2, 0.25) is 0 Å². The SMILES string of the molecule is O=C1CO[C@H]2CCN(C(=O)N3CC(SCc4c(F)cccc4C(F)(F)F)C3)C[C@H]2C1. The van der Waals surface area contributed by atoms with E-state index in [4.69, 9.17) is 4.74 Å². The Morgan fingerprint density at radius 2 is 1.97 bits per heavy atom. The number of ketones is 1. The average Bonchev–Trinajstić information content (AvgIpc) is 2.66. The molecule has 3 fully saturated rings. The number of rotatable bonds is 3. The zero-order chi connectivity index (χ0) is 21.5. The number of nitrogens with zero attached hydrogens (tertiary/aromatic N) is 2. The van der Waals surface area contributed by atoms with E-state index < -0.39 is 17.6 Å². The van der Waals surface area contributed by atoms with Crippen molar-refractivity contribution in [1.82, 2.24) is 9.80 Å². The van der Waals surface area contributed by atoms with Crippen LogP contribution in [0.15, 0.2) is 18.2 Å². The summed E-state index contributed by atoms with van der Waals surface area (Å²) in [4.78, 5) is 27.7. The number of hydrogen-bond donors (Lipinski definition) is 0. The molecule has 10 heteroatoms. The van der Waals surface area contributed by atoms with Gasteiger partial charge in [0.1, 0.15) is 12.4 Å². The lowest BCUT2D eigenvalue weighted by atomic mass is 9.88. The van der Waals surface area contributed by atoms with E-state index in [9.17, 15) is 27.2 Å². The summed E-state index contributed by atoms with van der Waals surface area (Å²) in [5, 5.41) is -0.0354. The van der Waals surface area contributed by atoms with Crippen LogP contribution < -0.4 is 0 Å². The fourth-order valence-corrected chi connectivity index (χ4v) is 5.49. The molecule has 0 radical (unpaired) electrons. The molecule has 0 aliphatic carbocycles. The fourth-order valence-electron chi connectivity index (χ4n) is 4.22. The van der Waals surface area contributed by atoms with Crippen molar-refractivity contribution in [3.05, 3.63) is 35.1 Å². The van der Waals surface area contributed by atoms with Crippen molar-refractivity contribution >= 4 is 23.6 Å². The summed E-state index contributed by atoms with van der Waals surface area (Å²) in [7, 11) is 0. The van der Waals surface area contributed by atoms with Gasteiger partial charge in [-0.2, -0.15) is 13.2 Å². The van der Waals surface area contributed by atoms with Crippen LogP contribution >= 0.6 is 11.8 Å². The summed E-state index contributed by atoms with van der Waals surface area (Å²) in [5.74, 6) is -0.882. The van der Waals surface area contributed by atoms with Crippen LogP contribution in [0, 0.1) is 11.7 Å². The van der Waals surface area contributed by atoms with Crippen molar-refractivity contribution in [1.29, 1.82) is 0 Å². The number of halogens is 4. The third kappa shape index (κ3) is 4.44. The molecule has 3 aliphatic heterocycles. The molecule has 1 aromatic carbocycles. The number of carbonyl (C=O) groups excluding carboxylic acids is 2. The van der Waals surface area contributed by atoms with Gasteiger partial charge in [-0.3, -0.25) is 4.79 Å². The molecular weight excluding hydrogens is 424 g/mol. The molecule has 30 heavy (non-hydrogen) atoms. The highest BCUT2D eigenvalue weighted by atomic mass is 32.2. The number of thioether (sulfide) groups is 1. The highest BCUT2D eigenvalue weighted by Crippen LogP contribution is 2.37. The number of hydrogen-bond acceptors (Lipinski definition) is 4. The Hall–Kier alpha value is -1.81. The molecule has 4 rings (SSSR count). The number of urea groups is 1. The number of fused-ring (bicyclic) bond motifs is 1. The molecule has 0 unspecified atom stereocenters.